The standard InChI is InChI=1S/C12H17NO2S/c1-9(8-15-3)13(2)12(14)10-5-4-6-11(16)7-10/h4-7,9,16H,8H2,1-3H3. The van der Waals surface area contributed by atoms with Crippen LogP contribution in [0.5, 0.6) is 0 Å². The molecule has 3 nitrogen and oxygen atoms in total. The van der Waals surface area contributed by atoms with E-state index in [1.165, 1.54) is 0 Å². The second kappa shape index (κ2) is 5.92. The van der Waals surface area contributed by atoms with Gasteiger partial charge in [0.1, 0.15) is 0 Å². The van der Waals surface area contributed by atoms with Gasteiger partial charge in [-0.15, -0.1) is 12.6 Å². The van der Waals surface area contributed by atoms with E-state index in [9.17, 15) is 4.79 Å². The topological polar surface area (TPSA) is 29.5 Å². The zero-order valence-corrected chi connectivity index (χ0v) is 10.7. The zero-order chi connectivity index (χ0) is 12.1. The summed E-state index contributed by atoms with van der Waals surface area (Å²) in [6.07, 6.45) is 0. The number of carbonyl (C=O) groups is 1. The predicted octanol–water partition coefficient (Wildman–Crippen LogP) is 2.08. The largest absolute Gasteiger partial charge is 0.383 e. The van der Waals surface area contributed by atoms with Crippen LogP contribution in [0.4, 0.5) is 0 Å². The van der Waals surface area contributed by atoms with Gasteiger partial charge in [-0.2, -0.15) is 0 Å². The molecule has 1 rings (SSSR count). The lowest BCUT2D eigenvalue weighted by atomic mass is 10.2. The van der Waals surface area contributed by atoms with Crippen molar-refractivity contribution in [3.63, 3.8) is 0 Å². The fourth-order valence-electron chi connectivity index (χ4n) is 1.40. The van der Waals surface area contributed by atoms with Gasteiger partial charge >= 0.3 is 0 Å². The highest BCUT2D eigenvalue weighted by Gasteiger charge is 2.17. The molecule has 0 saturated heterocycles. The maximum atomic E-state index is 12.0. The fourth-order valence-corrected chi connectivity index (χ4v) is 1.62. The highest BCUT2D eigenvalue weighted by atomic mass is 32.1. The monoisotopic (exact) mass is 239 g/mol. The van der Waals surface area contributed by atoms with Crippen LogP contribution in [0.1, 0.15) is 17.3 Å². The Balaban J connectivity index is 2.77. The molecule has 0 aromatic heterocycles. The third-order valence-electron chi connectivity index (χ3n) is 2.48. The first kappa shape index (κ1) is 13.1. The summed E-state index contributed by atoms with van der Waals surface area (Å²) in [5, 5.41) is 0. The van der Waals surface area contributed by atoms with Crippen LogP contribution in [0.3, 0.4) is 0 Å². The molecule has 0 aliphatic carbocycles. The molecule has 1 aromatic rings. The van der Waals surface area contributed by atoms with E-state index in [1.54, 1.807) is 31.2 Å². The average molecular weight is 239 g/mol. The lowest BCUT2D eigenvalue weighted by Gasteiger charge is -2.24. The van der Waals surface area contributed by atoms with Crippen molar-refractivity contribution in [3.8, 4) is 0 Å². The van der Waals surface area contributed by atoms with Gasteiger partial charge in [0, 0.05) is 24.6 Å². The Morgan fingerprint density at radius 1 is 1.56 bits per heavy atom. The predicted molar refractivity (Wildman–Crippen MR) is 67.1 cm³/mol. The first-order chi connectivity index (χ1) is 7.56. The number of likely N-dealkylation sites (N-methyl/N-ethyl adjacent to an activating group) is 1. The fraction of sp³-hybridized carbons (Fsp3) is 0.417. The molecule has 0 bridgehead atoms. The van der Waals surface area contributed by atoms with E-state index in [0.717, 1.165) is 4.90 Å². The SMILES string of the molecule is COCC(C)N(C)C(=O)c1cccc(S)c1. The number of hydrogen-bond donors (Lipinski definition) is 1. The number of methoxy groups -OCH3 is 1. The highest BCUT2D eigenvalue weighted by molar-refractivity contribution is 7.80. The minimum absolute atomic E-state index is 0.0135. The van der Waals surface area contributed by atoms with Crippen LogP contribution < -0.4 is 0 Å². The summed E-state index contributed by atoms with van der Waals surface area (Å²) in [5.41, 5.74) is 0.651. The van der Waals surface area contributed by atoms with Crippen LogP contribution in [0.2, 0.25) is 0 Å². The lowest BCUT2D eigenvalue weighted by Crippen LogP contribution is -2.37. The van der Waals surface area contributed by atoms with Gasteiger partial charge in [0.05, 0.1) is 12.6 Å². The summed E-state index contributed by atoms with van der Waals surface area (Å²) < 4.78 is 5.03. The van der Waals surface area contributed by atoms with Gasteiger partial charge in [0.25, 0.3) is 5.91 Å². The van der Waals surface area contributed by atoms with Crippen LogP contribution in [-0.4, -0.2) is 37.6 Å². The molecule has 88 valence electrons. The highest BCUT2D eigenvalue weighted by Crippen LogP contribution is 2.12. The Morgan fingerprint density at radius 3 is 2.81 bits per heavy atom. The number of carbonyl (C=O) groups excluding carboxylic acids is 1. The normalized spacial score (nSPS) is 12.2. The summed E-state index contributed by atoms with van der Waals surface area (Å²) in [7, 11) is 3.40. The number of benzene rings is 1. The molecular formula is C12H17NO2S. The maximum absolute atomic E-state index is 12.0. The van der Waals surface area contributed by atoms with Crippen molar-refractivity contribution in [2.24, 2.45) is 0 Å². The van der Waals surface area contributed by atoms with Crippen molar-refractivity contribution in [3.05, 3.63) is 29.8 Å². The van der Waals surface area contributed by atoms with E-state index in [-0.39, 0.29) is 11.9 Å². The van der Waals surface area contributed by atoms with Gasteiger partial charge in [-0.3, -0.25) is 4.79 Å². The van der Waals surface area contributed by atoms with E-state index in [4.69, 9.17) is 4.74 Å². The molecule has 1 atom stereocenters. The lowest BCUT2D eigenvalue weighted by molar-refractivity contribution is 0.0633. The first-order valence-corrected chi connectivity index (χ1v) is 5.56. The summed E-state index contributed by atoms with van der Waals surface area (Å²) in [6.45, 7) is 2.48. The molecule has 0 N–H and O–H groups in total. The van der Waals surface area contributed by atoms with E-state index < -0.39 is 0 Å². The quantitative estimate of drug-likeness (QED) is 0.815. The van der Waals surface area contributed by atoms with Gasteiger partial charge in [-0.05, 0) is 25.1 Å². The number of rotatable bonds is 4. The van der Waals surface area contributed by atoms with E-state index >= 15 is 0 Å². The molecule has 4 heteroatoms. The molecule has 0 fully saturated rings. The summed E-state index contributed by atoms with van der Waals surface area (Å²) in [5.74, 6) is -0.0135. The van der Waals surface area contributed by atoms with Crippen molar-refractivity contribution in [2.75, 3.05) is 20.8 Å². The second-order valence-electron chi connectivity index (χ2n) is 3.77. The Labute approximate surface area is 102 Å². The minimum Gasteiger partial charge on any atom is -0.383 e. The summed E-state index contributed by atoms with van der Waals surface area (Å²) in [4.78, 5) is 14.5. The van der Waals surface area contributed by atoms with Gasteiger partial charge in [-0.25, -0.2) is 0 Å². The van der Waals surface area contributed by atoms with Crippen molar-refractivity contribution in [1.29, 1.82) is 0 Å². The van der Waals surface area contributed by atoms with E-state index in [0.29, 0.717) is 12.2 Å². The molecule has 0 saturated carbocycles. The smallest absolute Gasteiger partial charge is 0.253 e. The van der Waals surface area contributed by atoms with Gasteiger partial charge in [0.2, 0.25) is 0 Å². The number of thiol groups is 1. The second-order valence-corrected chi connectivity index (χ2v) is 4.29. The Bertz CT molecular complexity index is 368. The molecule has 0 aliphatic heterocycles. The van der Waals surface area contributed by atoms with Gasteiger partial charge < -0.3 is 9.64 Å². The number of ether oxygens (including phenoxy) is 1. The number of nitrogens with zero attached hydrogens (tertiary/aromatic N) is 1. The molecular weight excluding hydrogens is 222 g/mol. The molecule has 0 spiro atoms. The van der Waals surface area contributed by atoms with E-state index in [2.05, 4.69) is 12.6 Å². The summed E-state index contributed by atoms with van der Waals surface area (Å²) >= 11 is 4.21. The first-order valence-electron chi connectivity index (χ1n) is 5.11. The van der Waals surface area contributed by atoms with Gasteiger partial charge in [0.15, 0.2) is 0 Å². The van der Waals surface area contributed by atoms with E-state index in [1.807, 2.05) is 19.1 Å². The van der Waals surface area contributed by atoms with Crippen molar-refractivity contribution in [2.45, 2.75) is 17.9 Å². The van der Waals surface area contributed by atoms with Crippen LogP contribution in [0.15, 0.2) is 29.2 Å². The molecule has 0 heterocycles. The Morgan fingerprint density at radius 2 is 2.25 bits per heavy atom. The average Bonchev–Trinajstić information content (AvgIpc) is 2.27. The van der Waals surface area contributed by atoms with Crippen LogP contribution in [0.25, 0.3) is 0 Å². The number of hydrogen-bond acceptors (Lipinski definition) is 3. The van der Waals surface area contributed by atoms with Crippen molar-refractivity contribution < 1.29 is 9.53 Å². The maximum Gasteiger partial charge on any atom is 0.253 e. The Hall–Kier alpha value is -1.00. The molecule has 0 aliphatic rings. The minimum atomic E-state index is -0.0135. The van der Waals surface area contributed by atoms with Crippen LogP contribution in [0, 0.1) is 0 Å². The van der Waals surface area contributed by atoms with Crippen LogP contribution in [-0.2, 0) is 4.74 Å². The number of amides is 1. The van der Waals surface area contributed by atoms with Crippen molar-refractivity contribution in [1.82, 2.24) is 4.90 Å². The Kier molecular flexibility index (Phi) is 4.83. The van der Waals surface area contributed by atoms with Crippen LogP contribution >= 0.6 is 12.6 Å². The van der Waals surface area contributed by atoms with Gasteiger partial charge in [-0.1, -0.05) is 6.07 Å². The molecule has 1 aromatic carbocycles. The summed E-state index contributed by atoms with van der Waals surface area (Å²) in [6, 6.07) is 7.28. The molecule has 0 radical (unpaired) electrons. The molecule has 1 amide bonds. The molecule has 16 heavy (non-hydrogen) atoms. The third kappa shape index (κ3) is 3.25. The molecule has 1 unspecified atom stereocenters. The zero-order valence-electron chi connectivity index (χ0n) is 9.80. The third-order valence-corrected chi connectivity index (χ3v) is 2.76. The van der Waals surface area contributed by atoms with Crippen molar-refractivity contribution >= 4 is 18.5 Å².